The van der Waals surface area contributed by atoms with Gasteiger partial charge in [-0.05, 0) is 104 Å². The summed E-state index contributed by atoms with van der Waals surface area (Å²) in [4.78, 5) is 147. The van der Waals surface area contributed by atoms with Crippen molar-refractivity contribution >= 4 is 86.5 Å². The van der Waals surface area contributed by atoms with E-state index in [0.717, 1.165) is 35.1 Å². The summed E-state index contributed by atoms with van der Waals surface area (Å²) in [6, 6.07) is 18.6. The van der Waals surface area contributed by atoms with Gasteiger partial charge in [-0.25, -0.2) is 14.3 Å². The van der Waals surface area contributed by atoms with Gasteiger partial charge in [0.05, 0.1) is 148 Å². The molecule has 1 unspecified atom stereocenters. The van der Waals surface area contributed by atoms with Crippen LogP contribution in [0.3, 0.4) is 0 Å². The lowest BCUT2D eigenvalue weighted by Crippen LogP contribution is -2.63. The molecule has 726 valence electrons. The Balaban J connectivity index is 0.551. The van der Waals surface area contributed by atoms with Gasteiger partial charge in [-0.1, -0.05) is 112 Å². The fourth-order valence-corrected chi connectivity index (χ4v) is 18.4. The second-order valence-corrected chi connectivity index (χ2v) is 35.7. The molecule has 4 aromatic rings. The summed E-state index contributed by atoms with van der Waals surface area (Å²) in [6.07, 6.45) is 6.15. The highest BCUT2D eigenvalue weighted by molar-refractivity contribution is 7.85. The second kappa shape index (κ2) is 51.4. The molecule has 3 aromatic carbocycles. The lowest BCUT2D eigenvalue weighted by molar-refractivity contribution is -0.201. The zero-order valence-electron chi connectivity index (χ0n) is 76.0. The Hall–Kier alpha value is -10.1. The first-order chi connectivity index (χ1) is 63.4. The number of para-hydroxylation sites is 1. The number of allylic oxidation sites excluding steroid dienone is 4. The molecule has 0 bridgehead atoms. The van der Waals surface area contributed by atoms with Crippen LogP contribution in [-0.4, -0.2) is 297 Å². The first-order valence-corrected chi connectivity index (χ1v) is 46.8. The van der Waals surface area contributed by atoms with E-state index in [1.54, 1.807) is 59.8 Å². The maximum absolute atomic E-state index is 14.7. The van der Waals surface area contributed by atoms with E-state index in [4.69, 9.17) is 67.1 Å². The van der Waals surface area contributed by atoms with Gasteiger partial charge in [0.1, 0.15) is 44.3 Å². The second-order valence-electron chi connectivity index (χ2n) is 34.1. The summed E-state index contributed by atoms with van der Waals surface area (Å²) >= 11 is 0. The molecule has 0 spiro atoms. The minimum Gasteiger partial charge on any atom is -0.445 e. The third kappa shape index (κ3) is 29.4. The van der Waals surface area contributed by atoms with Gasteiger partial charge in [0.15, 0.2) is 23.5 Å². The minimum absolute atomic E-state index is 0.0191. The van der Waals surface area contributed by atoms with E-state index in [1.165, 1.54) is 11.9 Å². The Morgan fingerprint density at radius 2 is 1.33 bits per heavy atom. The number of fused-ring (bicyclic) bond motifs is 12. The SMILES string of the molecule is CCCC1O[C@@H]2C[C@H]3[C@@H]4CCC5=CC(=O)C=C[C@]5(C)[C@H]4[C@@H](O)C[C@]3(C)[C@]2(C(=O)COCN(C)C(=O)CNC(=O)OCc2ccc(NC(=O)[C@H](CCCNC(N)=O)NC(=O)[C@@H](NC(=O)CCOCCOCCOCCOCCNC(=O)CCC(=O)N3Cc4ccccc4-c4nnn(CCOCCOCCOCCOCCC(=O)NCCS(=O)(=O)O)c4-c4ccccc43)C(C)C)cc2)O1. The van der Waals surface area contributed by atoms with Crippen molar-refractivity contribution in [3.63, 3.8) is 0 Å². The summed E-state index contributed by atoms with van der Waals surface area (Å²) in [7, 11) is -2.69. The Morgan fingerprint density at radius 3 is 1.98 bits per heavy atom. The van der Waals surface area contributed by atoms with Crippen molar-refractivity contribution in [2.45, 2.75) is 168 Å². The molecule has 6 aliphatic rings. The van der Waals surface area contributed by atoms with E-state index in [-0.39, 0.29) is 205 Å². The number of alkyl carbamates (subject to hydrolysis) is 1. The zero-order valence-corrected chi connectivity index (χ0v) is 76.9. The molecule has 4 fully saturated rings. The molecule has 3 heterocycles. The number of primary amides is 1. The highest BCUT2D eigenvalue weighted by atomic mass is 32.2. The number of hydrogen-bond acceptors (Lipinski definition) is 28. The van der Waals surface area contributed by atoms with Crippen LogP contribution in [0.5, 0.6) is 0 Å². The molecule has 1 saturated heterocycles. The zero-order chi connectivity index (χ0) is 94.8. The predicted molar refractivity (Wildman–Crippen MR) is 478 cm³/mol. The molecule has 10 rings (SSSR count). The quantitative estimate of drug-likeness (QED) is 0.0166. The van der Waals surface area contributed by atoms with Crippen LogP contribution in [0.4, 0.5) is 21.0 Å². The van der Waals surface area contributed by atoms with Crippen molar-refractivity contribution in [2.75, 3.05) is 168 Å². The van der Waals surface area contributed by atoms with Gasteiger partial charge in [0, 0.05) is 85.9 Å². The van der Waals surface area contributed by atoms with Crippen LogP contribution in [0.25, 0.3) is 22.5 Å². The summed E-state index contributed by atoms with van der Waals surface area (Å²) in [5, 5.41) is 39.6. The number of carbonyl (C=O) groups is 11. The fourth-order valence-electron chi connectivity index (χ4n) is 18.0. The highest BCUT2D eigenvalue weighted by Crippen LogP contribution is 2.70. The molecule has 2 aliphatic heterocycles. The minimum atomic E-state index is -4.15. The van der Waals surface area contributed by atoms with Crippen LogP contribution >= 0.6 is 0 Å². The summed E-state index contributed by atoms with van der Waals surface area (Å²) in [6.45, 7) is 12.8. The Labute approximate surface area is 768 Å². The normalized spacial score (nSPS) is 21.4. The molecule has 4 aliphatic carbocycles. The number of nitrogens with two attached hydrogens (primary N) is 1. The van der Waals surface area contributed by atoms with Gasteiger partial charge >= 0.3 is 12.1 Å². The number of amides is 10. The van der Waals surface area contributed by atoms with Gasteiger partial charge in [-0.2, -0.15) is 8.42 Å². The molecule has 132 heavy (non-hydrogen) atoms. The number of likely N-dealkylation sites (N-methyl/N-ethyl adjacent to an activating group) is 1. The summed E-state index contributed by atoms with van der Waals surface area (Å²) in [5.74, 6) is -4.71. The maximum atomic E-state index is 14.7. The number of ketones is 2. The fraction of sp³-hybridized carbons (Fsp3) is 0.615. The summed E-state index contributed by atoms with van der Waals surface area (Å²) < 4.78 is 102. The number of aliphatic hydroxyl groups excluding tert-OH is 1. The molecule has 11 N–H and O–H groups in total. The van der Waals surface area contributed by atoms with E-state index in [0.29, 0.717) is 80.6 Å². The van der Waals surface area contributed by atoms with Crippen molar-refractivity contribution in [2.24, 2.45) is 40.2 Å². The predicted octanol–water partition coefficient (Wildman–Crippen LogP) is 4.38. The standard InChI is InChI=1S/C91H129N13O27S/c1-7-13-80-130-74-53-69-67-24-21-63-52-65(105)27-30-89(63,4)81(67)72(106)54-90(69,5)91(74,131-80)73(107)58-128-59-102(6)79(112)55-96-88(116)129-57-61-19-22-64(23-20-61)97-85(113)70(17-12-31-95-87(92)115)98-86(114)82(60(2)3)99-77(110)29-36-121-40-44-125-47-49-126-45-41-122-37-32-93-75(108)25-26-78(111)103-56-62-14-8-9-15-66(62)83-84(68-16-10-11-18-71(68)103)104(101-100-83)34-38-123-42-46-127-50-48-124-43-39-120-35-28-76(109)94-33-51-132(117,118)119/h8-11,14-16,18-20,22-23,27,30,52,60,67,69-70,72,74,80-82,106H,7,12-13,17,21,24-26,28-29,31-51,53-59H2,1-6H3,(H,93,108)(H,94,109)(H,96,116)(H,97,113)(H,98,114)(H,99,110)(H3,92,95,115)(H,117,118,119)/t67-,69-,70-,72-,74+,80?,81+,82-,89-,90-,91+/m0/s1. The van der Waals surface area contributed by atoms with Gasteiger partial charge in [-0.15, -0.1) is 5.10 Å². The van der Waals surface area contributed by atoms with Crippen LogP contribution in [0.1, 0.15) is 123 Å². The molecule has 3 saturated carbocycles. The van der Waals surface area contributed by atoms with E-state index in [1.807, 2.05) is 68.5 Å². The number of rotatable bonds is 57. The van der Waals surface area contributed by atoms with Crippen LogP contribution in [0, 0.1) is 34.5 Å². The first kappa shape index (κ1) is 104. The summed E-state index contributed by atoms with van der Waals surface area (Å²) in [5.41, 5.74) is 8.85. The largest absolute Gasteiger partial charge is 0.445 e. The van der Waals surface area contributed by atoms with Gasteiger partial charge in [0.2, 0.25) is 41.4 Å². The van der Waals surface area contributed by atoms with Crippen LogP contribution in [0.15, 0.2) is 96.6 Å². The first-order valence-electron chi connectivity index (χ1n) is 45.2. The molecule has 11 atom stereocenters. The van der Waals surface area contributed by atoms with Crippen molar-refractivity contribution in [3.05, 3.63) is 108 Å². The van der Waals surface area contributed by atoms with Gasteiger partial charge in [-0.3, -0.25) is 47.7 Å². The Bertz CT molecular complexity index is 4730. The number of ether oxygens (including phenoxy) is 12. The molecule has 10 amide bonds. The number of aromatic nitrogens is 3. The highest BCUT2D eigenvalue weighted by Gasteiger charge is 2.76. The molecule has 40 nitrogen and oxygen atoms in total. The van der Waals surface area contributed by atoms with Gasteiger partial charge < -0.3 is 115 Å². The molecule has 0 radical (unpaired) electrons. The number of nitrogens with zero attached hydrogens (tertiary/aromatic N) is 5. The molecular weight excluding hydrogens is 1740 g/mol. The van der Waals surface area contributed by atoms with Crippen LogP contribution < -0.4 is 47.9 Å². The van der Waals surface area contributed by atoms with Crippen molar-refractivity contribution < 1.29 is 128 Å². The van der Waals surface area contributed by atoms with Crippen molar-refractivity contribution in [1.29, 1.82) is 0 Å². The van der Waals surface area contributed by atoms with E-state index in [9.17, 15) is 66.3 Å². The maximum Gasteiger partial charge on any atom is 0.407 e. The topological polar surface area (TPSA) is 521 Å². The smallest absolute Gasteiger partial charge is 0.407 e. The Kier molecular flexibility index (Phi) is 40.5. The number of nitrogens with one attached hydrogen (secondary N) is 7. The molecule has 41 heteroatoms. The average Bonchev–Trinajstić information content (AvgIpc) is 1.50. The van der Waals surface area contributed by atoms with E-state index >= 15 is 0 Å². The average molecular weight is 1870 g/mol. The number of carbonyl (C=O) groups excluding carboxylic acids is 11. The monoisotopic (exact) mass is 1870 g/mol. The Morgan fingerprint density at radius 1 is 0.705 bits per heavy atom. The third-order valence-corrected chi connectivity index (χ3v) is 25.3. The molecular formula is C91H129N13O27S. The van der Waals surface area contributed by atoms with E-state index in [2.05, 4.69) is 54.5 Å². The number of Topliss-reactive ketones (excluding diaryl/α,β-unsaturated/α-hetero) is 1. The van der Waals surface area contributed by atoms with E-state index < -0.39 is 124 Å². The van der Waals surface area contributed by atoms with Crippen molar-refractivity contribution in [1.82, 2.24) is 51.8 Å². The van der Waals surface area contributed by atoms with Crippen LogP contribution in [0.2, 0.25) is 0 Å². The van der Waals surface area contributed by atoms with Crippen molar-refractivity contribution in [3.8, 4) is 22.5 Å². The lowest BCUT2D eigenvalue weighted by atomic mass is 9.46. The number of aliphatic hydroxyl groups is 1. The van der Waals surface area contributed by atoms with Crippen LogP contribution in [-0.2, 0) is 130 Å². The van der Waals surface area contributed by atoms with Gasteiger partial charge in [0.25, 0.3) is 10.1 Å². The molecule has 1 aromatic heterocycles. The third-order valence-electron chi connectivity index (χ3n) is 24.5. The lowest BCUT2D eigenvalue weighted by Gasteiger charge is -2.59. The number of anilines is 2. The number of urea groups is 1. The number of hydrogen-bond donors (Lipinski definition) is 10. The number of benzene rings is 3.